The van der Waals surface area contributed by atoms with Gasteiger partial charge in [0.15, 0.2) is 0 Å². The average Bonchev–Trinajstić information content (AvgIpc) is 2.98. The Hall–Kier alpha value is -1.53. The zero-order valence-corrected chi connectivity index (χ0v) is 13.8. The maximum absolute atomic E-state index is 14.1. The Kier molecular flexibility index (Phi) is 5.15. The van der Waals surface area contributed by atoms with Gasteiger partial charge in [0.05, 0.1) is 18.2 Å². The third-order valence-electron chi connectivity index (χ3n) is 5.05. The fourth-order valence-electron chi connectivity index (χ4n) is 3.75. The molecule has 2 fully saturated rings. The first kappa shape index (κ1) is 17.3. The second kappa shape index (κ2) is 7.15. The normalized spacial score (nSPS) is 30.6. The van der Waals surface area contributed by atoms with Crippen LogP contribution >= 0.6 is 0 Å². The Labute approximate surface area is 140 Å². The molecule has 0 unspecified atom stereocenters. The summed E-state index contributed by atoms with van der Waals surface area (Å²) < 4.78 is 33.3. The van der Waals surface area contributed by atoms with Crippen molar-refractivity contribution in [3.8, 4) is 0 Å². The quantitative estimate of drug-likeness (QED) is 0.921. The predicted octanol–water partition coefficient (Wildman–Crippen LogP) is 2.80. The van der Waals surface area contributed by atoms with Crippen LogP contribution in [0.4, 0.5) is 8.78 Å². The largest absolute Gasteiger partial charge is 0.391 e. The van der Waals surface area contributed by atoms with Gasteiger partial charge in [0.2, 0.25) is 5.91 Å². The van der Waals surface area contributed by atoms with Gasteiger partial charge >= 0.3 is 0 Å². The third kappa shape index (κ3) is 3.44. The van der Waals surface area contributed by atoms with E-state index < -0.39 is 23.8 Å². The number of halogens is 2. The molecule has 0 saturated carbocycles. The number of hydrogen-bond acceptors (Lipinski definition) is 3. The van der Waals surface area contributed by atoms with Gasteiger partial charge in [0.25, 0.3) is 0 Å². The van der Waals surface area contributed by atoms with Crippen molar-refractivity contribution in [1.82, 2.24) is 4.90 Å². The summed E-state index contributed by atoms with van der Waals surface area (Å²) in [4.78, 5) is 14.4. The fourth-order valence-corrected chi connectivity index (χ4v) is 3.75. The Morgan fingerprint density at radius 2 is 2.17 bits per heavy atom. The van der Waals surface area contributed by atoms with Crippen LogP contribution in [-0.4, -0.2) is 41.3 Å². The van der Waals surface area contributed by atoms with Gasteiger partial charge in [-0.05, 0) is 43.9 Å². The Morgan fingerprint density at radius 3 is 2.92 bits per heavy atom. The van der Waals surface area contributed by atoms with Crippen molar-refractivity contribution in [3.63, 3.8) is 0 Å². The van der Waals surface area contributed by atoms with Gasteiger partial charge in [-0.2, -0.15) is 0 Å². The van der Waals surface area contributed by atoms with Crippen LogP contribution in [0.1, 0.15) is 44.2 Å². The van der Waals surface area contributed by atoms with Crippen molar-refractivity contribution in [2.45, 2.75) is 50.9 Å². The molecule has 2 aliphatic rings. The lowest BCUT2D eigenvalue weighted by Gasteiger charge is -2.33. The number of carbonyl (C=O) groups is 1. The molecule has 1 aromatic carbocycles. The number of likely N-dealkylation sites (tertiary alicyclic amines) is 1. The minimum atomic E-state index is -0.719. The lowest BCUT2D eigenvalue weighted by atomic mass is 9.92. The smallest absolute Gasteiger partial charge is 0.226 e. The van der Waals surface area contributed by atoms with Crippen molar-refractivity contribution < 1.29 is 23.4 Å². The standard InChI is InChI=1S/C18H23F2NO3/c1-2-14-7-11(5-6-24-14)18(23)21-10-13(22)9-17(21)15-8-12(19)3-4-16(15)20/h3-4,8,11,13-14,17,22H,2,5-7,9-10H2,1H3/t11-,13+,14-,17+/m1/s1. The molecule has 0 radical (unpaired) electrons. The Bertz CT molecular complexity index is 610. The van der Waals surface area contributed by atoms with Crippen LogP contribution in [0.25, 0.3) is 0 Å². The van der Waals surface area contributed by atoms with Crippen LogP contribution in [0.2, 0.25) is 0 Å². The maximum Gasteiger partial charge on any atom is 0.226 e. The summed E-state index contributed by atoms with van der Waals surface area (Å²) in [7, 11) is 0. The van der Waals surface area contributed by atoms with E-state index in [-0.39, 0.29) is 36.5 Å². The van der Waals surface area contributed by atoms with E-state index in [2.05, 4.69) is 0 Å². The minimum Gasteiger partial charge on any atom is -0.391 e. The third-order valence-corrected chi connectivity index (χ3v) is 5.05. The number of nitrogens with zero attached hydrogens (tertiary/aromatic N) is 1. The summed E-state index contributed by atoms with van der Waals surface area (Å²) in [6.45, 7) is 2.71. The lowest BCUT2D eigenvalue weighted by molar-refractivity contribution is -0.142. The van der Waals surface area contributed by atoms with Crippen LogP contribution in [0.15, 0.2) is 18.2 Å². The van der Waals surface area contributed by atoms with Gasteiger partial charge in [0, 0.05) is 24.6 Å². The van der Waals surface area contributed by atoms with Crippen LogP contribution < -0.4 is 0 Å². The molecule has 24 heavy (non-hydrogen) atoms. The molecular weight excluding hydrogens is 316 g/mol. The molecule has 132 valence electrons. The van der Waals surface area contributed by atoms with E-state index in [9.17, 15) is 18.7 Å². The molecule has 4 atom stereocenters. The van der Waals surface area contributed by atoms with Crippen LogP contribution in [-0.2, 0) is 9.53 Å². The van der Waals surface area contributed by atoms with Crippen molar-refractivity contribution in [1.29, 1.82) is 0 Å². The minimum absolute atomic E-state index is 0.0598. The number of rotatable bonds is 3. The van der Waals surface area contributed by atoms with E-state index in [0.717, 1.165) is 24.6 Å². The van der Waals surface area contributed by atoms with E-state index in [4.69, 9.17) is 4.74 Å². The van der Waals surface area contributed by atoms with Crippen LogP contribution in [0, 0.1) is 17.6 Å². The topological polar surface area (TPSA) is 49.8 Å². The fraction of sp³-hybridized carbons (Fsp3) is 0.611. The summed E-state index contributed by atoms with van der Waals surface area (Å²) >= 11 is 0. The Morgan fingerprint density at radius 1 is 1.38 bits per heavy atom. The van der Waals surface area contributed by atoms with Crippen LogP contribution in [0.5, 0.6) is 0 Å². The number of aliphatic hydroxyl groups excluding tert-OH is 1. The van der Waals surface area contributed by atoms with Crippen molar-refractivity contribution in [3.05, 3.63) is 35.4 Å². The number of aliphatic hydroxyl groups is 1. The monoisotopic (exact) mass is 339 g/mol. The van der Waals surface area contributed by atoms with Gasteiger partial charge in [-0.25, -0.2) is 8.78 Å². The van der Waals surface area contributed by atoms with E-state index >= 15 is 0 Å². The highest BCUT2D eigenvalue weighted by Gasteiger charge is 2.40. The highest BCUT2D eigenvalue weighted by atomic mass is 19.1. The molecule has 0 spiro atoms. The summed E-state index contributed by atoms with van der Waals surface area (Å²) in [6.07, 6.45) is 1.68. The van der Waals surface area contributed by atoms with Gasteiger partial charge in [0.1, 0.15) is 11.6 Å². The molecule has 1 amide bonds. The maximum atomic E-state index is 14.1. The average molecular weight is 339 g/mol. The van der Waals surface area contributed by atoms with Crippen molar-refractivity contribution in [2.24, 2.45) is 5.92 Å². The molecule has 2 heterocycles. The molecule has 0 aliphatic carbocycles. The molecule has 6 heteroatoms. The second-order valence-corrected chi connectivity index (χ2v) is 6.68. The van der Waals surface area contributed by atoms with Crippen molar-refractivity contribution in [2.75, 3.05) is 13.2 Å². The molecule has 2 saturated heterocycles. The summed E-state index contributed by atoms with van der Waals surface area (Å²) in [6, 6.07) is 2.63. The number of amides is 1. The first-order valence-electron chi connectivity index (χ1n) is 8.54. The second-order valence-electron chi connectivity index (χ2n) is 6.68. The molecule has 2 aliphatic heterocycles. The number of benzene rings is 1. The number of hydrogen-bond donors (Lipinski definition) is 1. The number of ether oxygens (including phenoxy) is 1. The number of β-amino-alcohol motifs (C(OH)–C–C–N with tert-alkyl or cyclic N) is 1. The van der Waals surface area contributed by atoms with E-state index in [1.54, 1.807) is 0 Å². The van der Waals surface area contributed by atoms with Gasteiger partial charge in [-0.1, -0.05) is 6.92 Å². The predicted molar refractivity (Wildman–Crippen MR) is 84.2 cm³/mol. The first-order chi connectivity index (χ1) is 11.5. The molecule has 1 aromatic rings. The highest BCUT2D eigenvalue weighted by molar-refractivity contribution is 5.80. The highest BCUT2D eigenvalue weighted by Crippen LogP contribution is 2.36. The van der Waals surface area contributed by atoms with Gasteiger partial charge < -0.3 is 14.7 Å². The zero-order chi connectivity index (χ0) is 17.3. The lowest BCUT2D eigenvalue weighted by Crippen LogP contribution is -2.40. The molecule has 0 aromatic heterocycles. The summed E-state index contributed by atoms with van der Waals surface area (Å²) in [5.74, 6) is -1.38. The van der Waals surface area contributed by atoms with E-state index in [0.29, 0.717) is 19.4 Å². The molecule has 3 rings (SSSR count). The zero-order valence-electron chi connectivity index (χ0n) is 13.8. The van der Waals surface area contributed by atoms with E-state index in [1.165, 1.54) is 4.90 Å². The molecule has 4 nitrogen and oxygen atoms in total. The van der Waals surface area contributed by atoms with Gasteiger partial charge in [-0.15, -0.1) is 0 Å². The number of carbonyl (C=O) groups excluding carboxylic acids is 1. The van der Waals surface area contributed by atoms with Crippen molar-refractivity contribution >= 4 is 5.91 Å². The summed E-state index contributed by atoms with van der Waals surface area (Å²) in [5, 5.41) is 10.0. The molecule has 1 N–H and O–H groups in total. The summed E-state index contributed by atoms with van der Waals surface area (Å²) in [5.41, 5.74) is 0.138. The van der Waals surface area contributed by atoms with E-state index in [1.807, 2.05) is 6.92 Å². The van der Waals surface area contributed by atoms with Gasteiger partial charge in [-0.3, -0.25) is 4.79 Å². The molecule has 0 bridgehead atoms. The first-order valence-corrected chi connectivity index (χ1v) is 8.54. The Balaban J connectivity index is 1.82. The SMILES string of the molecule is CC[C@@H]1C[C@H](C(=O)N2C[C@@H](O)C[C@H]2c2cc(F)ccc2F)CCO1. The van der Waals surface area contributed by atoms with Crippen LogP contribution in [0.3, 0.4) is 0 Å². The molecular formula is C18H23F2NO3.